The highest BCUT2D eigenvalue weighted by molar-refractivity contribution is 5.95. The van der Waals surface area contributed by atoms with E-state index in [1.165, 1.54) is 0 Å². The number of amides is 1. The molecule has 1 aliphatic rings. The molecule has 1 atom stereocenters. The lowest BCUT2D eigenvalue weighted by molar-refractivity contribution is 0.0708. The van der Waals surface area contributed by atoms with Crippen molar-refractivity contribution in [1.29, 1.82) is 0 Å². The molecule has 1 amide bonds. The van der Waals surface area contributed by atoms with Crippen molar-refractivity contribution in [2.45, 2.75) is 45.6 Å². The van der Waals surface area contributed by atoms with Crippen LogP contribution in [0.4, 0.5) is 0 Å². The molecule has 2 rings (SSSR count). The fourth-order valence-electron chi connectivity index (χ4n) is 2.73. The van der Waals surface area contributed by atoms with E-state index in [2.05, 4.69) is 6.92 Å². The number of nitrogens with two attached hydrogens (primary N) is 1. The smallest absolute Gasteiger partial charge is 0.254 e. The van der Waals surface area contributed by atoms with Crippen LogP contribution in [0.25, 0.3) is 0 Å². The molecular formula is C18H29ClN2O3. The zero-order valence-corrected chi connectivity index (χ0v) is 15.4. The Morgan fingerprint density at radius 1 is 1.29 bits per heavy atom. The highest BCUT2D eigenvalue weighted by Gasteiger charge is 2.23. The van der Waals surface area contributed by atoms with Crippen molar-refractivity contribution >= 4 is 18.3 Å². The molecule has 136 valence electrons. The number of benzene rings is 1. The summed E-state index contributed by atoms with van der Waals surface area (Å²) in [6, 6.07) is 5.51. The number of rotatable bonds is 7. The van der Waals surface area contributed by atoms with Gasteiger partial charge in [0.05, 0.1) is 13.2 Å². The van der Waals surface area contributed by atoms with Gasteiger partial charge in [0.25, 0.3) is 5.91 Å². The number of carbonyl (C=O) groups is 1. The molecule has 1 heterocycles. The van der Waals surface area contributed by atoms with E-state index in [-0.39, 0.29) is 24.4 Å². The fraction of sp³-hybridized carbons (Fsp3) is 0.611. The van der Waals surface area contributed by atoms with Crippen LogP contribution in [0.1, 0.15) is 49.9 Å². The molecule has 2 N–H and O–H groups in total. The summed E-state index contributed by atoms with van der Waals surface area (Å²) in [6.45, 7) is 6.63. The van der Waals surface area contributed by atoms with Crippen molar-refractivity contribution in [3.05, 3.63) is 23.8 Å². The molecule has 0 bridgehead atoms. The van der Waals surface area contributed by atoms with Gasteiger partial charge < -0.3 is 20.1 Å². The third kappa shape index (κ3) is 5.56. The number of piperidine rings is 1. The van der Waals surface area contributed by atoms with Gasteiger partial charge in [-0.3, -0.25) is 4.79 Å². The molecule has 0 radical (unpaired) electrons. The quantitative estimate of drug-likeness (QED) is 0.761. The monoisotopic (exact) mass is 356 g/mol. The van der Waals surface area contributed by atoms with Gasteiger partial charge in [0.15, 0.2) is 11.5 Å². The first-order chi connectivity index (χ1) is 11.2. The number of hydrogen-bond acceptors (Lipinski definition) is 4. The maximum Gasteiger partial charge on any atom is 0.254 e. The van der Waals surface area contributed by atoms with E-state index >= 15 is 0 Å². The number of nitrogens with zero attached hydrogens (tertiary/aromatic N) is 1. The molecule has 0 saturated carbocycles. The average Bonchev–Trinajstić information content (AvgIpc) is 2.56. The topological polar surface area (TPSA) is 64.8 Å². The summed E-state index contributed by atoms with van der Waals surface area (Å²) in [6.07, 6.45) is 4.02. The Morgan fingerprint density at radius 3 is 2.75 bits per heavy atom. The summed E-state index contributed by atoms with van der Waals surface area (Å²) in [4.78, 5) is 14.5. The minimum Gasteiger partial charge on any atom is -0.490 e. The second-order valence-electron chi connectivity index (χ2n) is 5.95. The minimum absolute atomic E-state index is 0. The van der Waals surface area contributed by atoms with E-state index in [1.54, 1.807) is 6.07 Å². The molecule has 1 aromatic rings. The molecule has 1 unspecified atom stereocenters. The standard InChI is InChI=1S/C18H28N2O3.ClH/c1-3-5-11-23-16-9-8-14(12-17(16)22-4-2)18(21)20-10-6-7-15(19)13-20;/h8-9,12,15H,3-7,10-11,13,19H2,1-2H3;1H. The molecular weight excluding hydrogens is 328 g/mol. The predicted octanol–water partition coefficient (Wildman–Crippen LogP) is 3.25. The Kier molecular flexibility index (Phi) is 8.93. The maximum absolute atomic E-state index is 12.6. The number of carbonyl (C=O) groups excluding carboxylic acids is 1. The van der Waals surface area contributed by atoms with E-state index < -0.39 is 0 Å². The Balaban J connectivity index is 0.00000288. The molecule has 24 heavy (non-hydrogen) atoms. The summed E-state index contributed by atoms with van der Waals surface area (Å²) in [5, 5.41) is 0. The minimum atomic E-state index is 0. The largest absolute Gasteiger partial charge is 0.490 e. The van der Waals surface area contributed by atoms with Crippen LogP contribution in [-0.2, 0) is 0 Å². The lowest BCUT2D eigenvalue weighted by Crippen LogP contribution is -2.45. The van der Waals surface area contributed by atoms with Crippen LogP contribution in [0, 0.1) is 0 Å². The van der Waals surface area contributed by atoms with Crippen molar-refractivity contribution < 1.29 is 14.3 Å². The van der Waals surface area contributed by atoms with E-state index in [1.807, 2.05) is 24.0 Å². The summed E-state index contributed by atoms with van der Waals surface area (Å²) < 4.78 is 11.4. The van der Waals surface area contributed by atoms with Gasteiger partial charge in [-0.2, -0.15) is 0 Å². The summed E-state index contributed by atoms with van der Waals surface area (Å²) in [7, 11) is 0. The van der Waals surface area contributed by atoms with Crippen molar-refractivity contribution in [1.82, 2.24) is 4.90 Å². The van der Waals surface area contributed by atoms with Crippen LogP contribution < -0.4 is 15.2 Å². The van der Waals surface area contributed by atoms with Gasteiger partial charge in [0.2, 0.25) is 0 Å². The van der Waals surface area contributed by atoms with Crippen LogP contribution >= 0.6 is 12.4 Å². The van der Waals surface area contributed by atoms with Gasteiger partial charge >= 0.3 is 0 Å². The lowest BCUT2D eigenvalue weighted by atomic mass is 10.1. The van der Waals surface area contributed by atoms with E-state index in [9.17, 15) is 4.79 Å². The molecule has 1 aliphatic heterocycles. The molecule has 1 aromatic carbocycles. The molecule has 0 spiro atoms. The fourth-order valence-corrected chi connectivity index (χ4v) is 2.73. The van der Waals surface area contributed by atoms with Gasteiger partial charge in [-0.05, 0) is 44.4 Å². The SMILES string of the molecule is CCCCOc1ccc(C(=O)N2CCCC(N)C2)cc1OCC.Cl. The molecule has 0 aromatic heterocycles. The number of likely N-dealkylation sites (tertiary alicyclic amines) is 1. The van der Waals surface area contributed by atoms with Gasteiger partial charge in [-0.1, -0.05) is 13.3 Å². The number of hydrogen-bond donors (Lipinski definition) is 1. The Labute approximate surface area is 150 Å². The van der Waals surface area contributed by atoms with Crippen LogP contribution in [0.15, 0.2) is 18.2 Å². The third-order valence-electron chi connectivity index (χ3n) is 3.99. The second-order valence-corrected chi connectivity index (χ2v) is 5.95. The highest BCUT2D eigenvalue weighted by atomic mass is 35.5. The van der Waals surface area contributed by atoms with Crippen LogP contribution in [0.2, 0.25) is 0 Å². The lowest BCUT2D eigenvalue weighted by Gasteiger charge is -2.31. The second kappa shape index (κ2) is 10.4. The Hall–Kier alpha value is -1.46. The number of ether oxygens (including phenoxy) is 2. The van der Waals surface area contributed by atoms with Gasteiger partial charge in [-0.25, -0.2) is 0 Å². The van der Waals surface area contributed by atoms with Gasteiger partial charge in [-0.15, -0.1) is 12.4 Å². The molecule has 6 heteroatoms. The first-order valence-corrected chi connectivity index (χ1v) is 8.60. The summed E-state index contributed by atoms with van der Waals surface area (Å²) in [5.74, 6) is 1.35. The first-order valence-electron chi connectivity index (χ1n) is 8.60. The number of unbranched alkanes of at least 4 members (excludes halogenated alkanes) is 1. The number of halogens is 1. The molecule has 1 fully saturated rings. The summed E-state index contributed by atoms with van der Waals surface area (Å²) in [5.41, 5.74) is 6.60. The average molecular weight is 357 g/mol. The van der Waals surface area contributed by atoms with Crippen molar-refractivity contribution in [3.63, 3.8) is 0 Å². The zero-order chi connectivity index (χ0) is 16.7. The first kappa shape index (κ1) is 20.6. The van der Waals surface area contributed by atoms with Crippen LogP contribution in [0.3, 0.4) is 0 Å². The van der Waals surface area contributed by atoms with Gasteiger partial charge in [0.1, 0.15) is 0 Å². The molecule has 1 saturated heterocycles. The maximum atomic E-state index is 12.6. The normalized spacial score (nSPS) is 17.1. The van der Waals surface area contributed by atoms with Crippen LogP contribution in [0.5, 0.6) is 11.5 Å². The highest BCUT2D eigenvalue weighted by Crippen LogP contribution is 2.29. The Morgan fingerprint density at radius 2 is 2.08 bits per heavy atom. The van der Waals surface area contributed by atoms with Crippen molar-refractivity contribution in [2.75, 3.05) is 26.3 Å². The zero-order valence-electron chi connectivity index (χ0n) is 14.6. The van der Waals surface area contributed by atoms with E-state index in [0.29, 0.717) is 36.8 Å². The predicted molar refractivity (Wildman–Crippen MR) is 98.4 cm³/mol. The van der Waals surface area contributed by atoms with E-state index in [4.69, 9.17) is 15.2 Å². The molecule has 5 nitrogen and oxygen atoms in total. The van der Waals surface area contributed by atoms with E-state index in [0.717, 1.165) is 32.2 Å². The Bertz CT molecular complexity index is 525. The van der Waals surface area contributed by atoms with Crippen molar-refractivity contribution in [3.8, 4) is 11.5 Å². The third-order valence-corrected chi connectivity index (χ3v) is 3.99. The summed E-state index contributed by atoms with van der Waals surface area (Å²) >= 11 is 0. The molecule has 0 aliphatic carbocycles. The van der Waals surface area contributed by atoms with Crippen molar-refractivity contribution in [2.24, 2.45) is 5.73 Å². The van der Waals surface area contributed by atoms with Gasteiger partial charge in [0, 0.05) is 24.7 Å². The van der Waals surface area contributed by atoms with Crippen LogP contribution in [-0.4, -0.2) is 43.2 Å².